The number of carbonyl (C=O) groups is 1. The predicted octanol–water partition coefficient (Wildman–Crippen LogP) is 2.21. The number of amides is 1. The van der Waals surface area contributed by atoms with Gasteiger partial charge in [-0.2, -0.15) is 0 Å². The van der Waals surface area contributed by atoms with Crippen LogP contribution in [-0.2, 0) is 4.79 Å². The van der Waals surface area contributed by atoms with Crippen LogP contribution in [0.1, 0.15) is 37.7 Å². The van der Waals surface area contributed by atoms with Crippen LogP contribution in [0.4, 0.5) is 5.69 Å². The maximum atomic E-state index is 12.2. The number of para-hydroxylation sites is 1. The van der Waals surface area contributed by atoms with Crippen molar-refractivity contribution in [3.63, 3.8) is 0 Å². The van der Waals surface area contributed by atoms with Crippen molar-refractivity contribution in [1.29, 1.82) is 0 Å². The fourth-order valence-corrected chi connectivity index (χ4v) is 3.01. The molecule has 0 atom stereocenters. The van der Waals surface area contributed by atoms with Crippen LogP contribution in [-0.4, -0.2) is 30.5 Å². The zero-order valence-corrected chi connectivity index (χ0v) is 13.3. The van der Waals surface area contributed by atoms with Gasteiger partial charge in [0.25, 0.3) is 0 Å². The van der Waals surface area contributed by atoms with E-state index in [-0.39, 0.29) is 5.91 Å². The highest BCUT2D eigenvalue weighted by molar-refractivity contribution is 7.80. The highest BCUT2D eigenvalue weighted by atomic mass is 32.1. The van der Waals surface area contributed by atoms with E-state index >= 15 is 0 Å². The summed E-state index contributed by atoms with van der Waals surface area (Å²) in [4.78, 5) is 14.4. The fourth-order valence-electron chi connectivity index (χ4n) is 2.84. The van der Waals surface area contributed by atoms with Gasteiger partial charge in [0.15, 0.2) is 0 Å². The lowest BCUT2D eigenvalue weighted by Crippen LogP contribution is -2.42. The Morgan fingerprint density at radius 1 is 1.33 bits per heavy atom. The number of hydrogen-bond acceptors (Lipinski definition) is 3. The summed E-state index contributed by atoms with van der Waals surface area (Å²) in [5.74, 6) is 0.0575. The molecule has 21 heavy (non-hydrogen) atoms. The second-order valence-electron chi connectivity index (χ2n) is 5.64. The molecule has 5 heteroatoms. The van der Waals surface area contributed by atoms with Crippen molar-refractivity contribution in [2.24, 2.45) is 5.73 Å². The van der Waals surface area contributed by atoms with Gasteiger partial charge >= 0.3 is 0 Å². The first-order valence-corrected chi connectivity index (χ1v) is 7.88. The zero-order chi connectivity index (χ0) is 15.2. The molecule has 4 nitrogen and oxygen atoms in total. The number of rotatable bonds is 5. The smallest absolute Gasteiger partial charge is 0.239 e. The Morgan fingerprint density at radius 3 is 2.67 bits per heavy atom. The van der Waals surface area contributed by atoms with Gasteiger partial charge in [-0.25, -0.2) is 0 Å². The van der Waals surface area contributed by atoms with E-state index in [1.165, 1.54) is 19.3 Å². The van der Waals surface area contributed by atoms with Gasteiger partial charge in [0.05, 0.1) is 6.54 Å². The summed E-state index contributed by atoms with van der Waals surface area (Å²) in [7, 11) is 1.89. The van der Waals surface area contributed by atoms with E-state index in [1.807, 2.05) is 36.2 Å². The Bertz CT molecular complexity index is 512. The molecule has 1 amide bonds. The molecule has 2 rings (SSSR count). The molecule has 0 heterocycles. The van der Waals surface area contributed by atoms with Gasteiger partial charge in [0.1, 0.15) is 4.99 Å². The Balaban J connectivity index is 1.95. The van der Waals surface area contributed by atoms with Crippen LogP contribution in [0.15, 0.2) is 24.3 Å². The number of likely N-dealkylation sites (N-methyl/N-ethyl adjacent to an activating group) is 1. The number of nitrogens with zero attached hydrogens (tertiary/aromatic N) is 1. The Labute approximate surface area is 131 Å². The number of nitrogens with two attached hydrogens (primary N) is 1. The molecule has 0 aliphatic heterocycles. The third kappa shape index (κ3) is 4.43. The van der Waals surface area contributed by atoms with Gasteiger partial charge in [0.2, 0.25) is 5.91 Å². The van der Waals surface area contributed by atoms with Crippen LogP contribution in [0.5, 0.6) is 0 Å². The molecule has 3 N–H and O–H groups in total. The maximum absolute atomic E-state index is 12.2. The number of benzene rings is 1. The minimum Gasteiger partial charge on any atom is -0.389 e. The van der Waals surface area contributed by atoms with Crippen molar-refractivity contribution in [2.45, 2.75) is 38.1 Å². The molecule has 0 bridgehead atoms. The molecular formula is C16H23N3OS. The van der Waals surface area contributed by atoms with E-state index in [0.717, 1.165) is 24.1 Å². The molecule has 0 spiro atoms. The minimum absolute atomic E-state index is 0.0575. The Morgan fingerprint density at radius 2 is 2.00 bits per heavy atom. The van der Waals surface area contributed by atoms with E-state index in [4.69, 9.17) is 18.0 Å². The lowest BCUT2D eigenvalue weighted by Gasteiger charge is -2.26. The highest BCUT2D eigenvalue weighted by Gasteiger charge is 2.17. The van der Waals surface area contributed by atoms with Crippen molar-refractivity contribution in [1.82, 2.24) is 5.32 Å². The van der Waals surface area contributed by atoms with E-state index < -0.39 is 0 Å². The number of anilines is 1. The molecule has 0 aromatic heterocycles. The average molecular weight is 305 g/mol. The molecule has 1 aromatic carbocycles. The Kier molecular flexibility index (Phi) is 5.56. The number of hydrogen-bond donors (Lipinski definition) is 2. The lowest BCUT2D eigenvalue weighted by molar-refractivity contribution is -0.120. The predicted molar refractivity (Wildman–Crippen MR) is 90.6 cm³/mol. The number of thiocarbonyl (C=S) groups is 1. The van der Waals surface area contributed by atoms with Crippen LogP contribution in [0.3, 0.4) is 0 Å². The van der Waals surface area contributed by atoms with E-state index in [0.29, 0.717) is 17.6 Å². The second-order valence-corrected chi connectivity index (χ2v) is 6.08. The van der Waals surface area contributed by atoms with Gasteiger partial charge < -0.3 is 16.0 Å². The van der Waals surface area contributed by atoms with Gasteiger partial charge in [-0.1, -0.05) is 43.6 Å². The van der Waals surface area contributed by atoms with Crippen LogP contribution in [0.25, 0.3) is 0 Å². The van der Waals surface area contributed by atoms with Crippen LogP contribution >= 0.6 is 12.2 Å². The van der Waals surface area contributed by atoms with Gasteiger partial charge in [-0.05, 0) is 25.0 Å². The summed E-state index contributed by atoms with van der Waals surface area (Å²) in [5, 5.41) is 3.12. The summed E-state index contributed by atoms with van der Waals surface area (Å²) >= 11 is 5.06. The van der Waals surface area contributed by atoms with Crippen LogP contribution in [0, 0.1) is 0 Å². The molecule has 1 aliphatic carbocycles. The van der Waals surface area contributed by atoms with Gasteiger partial charge in [-0.3, -0.25) is 4.79 Å². The number of nitrogens with one attached hydrogen (secondary N) is 1. The first kappa shape index (κ1) is 15.8. The molecule has 0 saturated heterocycles. The third-order valence-corrected chi connectivity index (χ3v) is 4.15. The largest absolute Gasteiger partial charge is 0.389 e. The molecule has 1 saturated carbocycles. The zero-order valence-electron chi connectivity index (χ0n) is 12.5. The van der Waals surface area contributed by atoms with Crippen molar-refractivity contribution in [2.75, 3.05) is 18.5 Å². The summed E-state index contributed by atoms with van der Waals surface area (Å²) in [5.41, 5.74) is 7.44. The minimum atomic E-state index is 0.0575. The van der Waals surface area contributed by atoms with Crippen molar-refractivity contribution in [3.8, 4) is 0 Å². The SMILES string of the molecule is CN(CC(=O)NC1CCCCC1)c1ccccc1C(N)=S. The van der Waals surface area contributed by atoms with E-state index in [1.54, 1.807) is 0 Å². The molecule has 114 valence electrons. The molecule has 1 aromatic rings. The first-order valence-electron chi connectivity index (χ1n) is 7.47. The maximum Gasteiger partial charge on any atom is 0.239 e. The van der Waals surface area contributed by atoms with Gasteiger partial charge in [0, 0.05) is 24.3 Å². The monoisotopic (exact) mass is 305 g/mol. The fraction of sp³-hybridized carbons (Fsp3) is 0.500. The molecular weight excluding hydrogens is 282 g/mol. The molecule has 1 fully saturated rings. The topological polar surface area (TPSA) is 58.4 Å². The summed E-state index contributed by atoms with van der Waals surface area (Å²) in [6.45, 7) is 0.316. The first-order chi connectivity index (χ1) is 10.1. The summed E-state index contributed by atoms with van der Waals surface area (Å²) in [6, 6.07) is 7.97. The summed E-state index contributed by atoms with van der Waals surface area (Å²) < 4.78 is 0. The quantitative estimate of drug-likeness (QED) is 0.819. The lowest BCUT2D eigenvalue weighted by atomic mass is 9.95. The van der Waals surface area contributed by atoms with Crippen molar-refractivity contribution in [3.05, 3.63) is 29.8 Å². The van der Waals surface area contributed by atoms with Crippen LogP contribution < -0.4 is 16.0 Å². The molecule has 0 unspecified atom stereocenters. The molecule has 1 aliphatic rings. The van der Waals surface area contributed by atoms with Gasteiger partial charge in [-0.15, -0.1) is 0 Å². The Hall–Kier alpha value is -1.62. The standard InChI is InChI=1S/C16H23N3OS/c1-19(14-10-6-5-9-13(14)16(17)21)11-15(20)18-12-7-3-2-4-8-12/h5-6,9-10,12H,2-4,7-8,11H2,1H3,(H2,17,21)(H,18,20). The average Bonchev–Trinajstić information content (AvgIpc) is 2.48. The summed E-state index contributed by atoms with van der Waals surface area (Å²) in [6.07, 6.45) is 5.90. The number of carbonyl (C=O) groups excluding carboxylic acids is 1. The second kappa shape index (κ2) is 7.41. The van der Waals surface area contributed by atoms with Crippen LogP contribution in [0.2, 0.25) is 0 Å². The van der Waals surface area contributed by atoms with Crippen molar-refractivity contribution < 1.29 is 4.79 Å². The van der Waals surface area contributed by atoms with Crippen molar-refractivity contribution >= 4 is 28.8 Å². The highest BCUT2D eigenvalue weighted by Crippen LogP contribution is 2.20. The normalized spacial score (nSPS) is 15.5. The van der Waals surface area contributed by atoms with E-state index in [9.17, 15) is 4.79 Å². The third-order valence-electron chi connectivity index (χ3n) is 3.93. The molecule has 0 radical (unpaired) electrons. The van der Waals surface area contributed by atoms with E-state index in [2.05, 4.69) is 5.32 Å².